The van der Waals surface area contributed by atoms with Gasteiger partial charge < -0.3 is 86.6 Å². The smallest absolute Gasteiger partial charge is 0.328 e. The summed E-state index contributed by atoms with van der Waals surface area (Å²) in [7, 11) is 5.38. The van der Waals surface area contributed by atoms with Crippen LogP contribution in [-0.2, 0) is 134 Å². The molecule has 6 aromatic carbocycles. The highest BCUT2D eigenvalue weighted by atomic mass is 28.4. The first-order valence-electron chi connectivity index (χ1n) is 40.0. The minimum absolute atomic E-state index is 0.0394. The average molecular weight is 1770 g/mol. The molecule has 35 heteroatoms. The lowest BCUT2D eigenvalue weighted by atomic mass is 10.1. The first-order valence-corrected chi connectivity index (χ1v) is 43.4. The van der Waals surface area contributed by atoms with Crippen LogP contribution in [0.25, 0.3) is 10.4 Å². The number of nitrogens with two attached hydrogens (primary N) is 1. The fourth-order valence-electron chi connectivity index (χ4n) is 9.44. The minimum Gasteiger partial charge on any atom is -0.480 e. The number of azide groups is 1. The van der Waals surface area contributed by atoms with Crippen molar-refractivity contribution in [3.8, 4) is 0 Å². The Hall–Kier alpha value is -12.7. The molecule has 0 saturated carbocycles. The molecule has 6 unspecified atom stereocenters. The van der Waals surface area contributed by atoms with Gasteiger partial charge in [0.25, 0.3) is 0 Å². The molecule has 6 rings (SSSR count). The van der Waals surface area contributed by atoms with Crippen molar-refractivity contribution in [1.29, 1.82) is 0 Å². The van der Waals surface area contributed by atoms with Crippen LogP contribution in [0.3, 0.4) is 0 Å². The van der Waals surface area contributed by atoms with E-state index in [-0.39, 0.29) is 53.9 Å². The molecular formula is C90H138N12O22Si. The van der Waals surface area contributed by atoms with E-state index in [4.69, 9.17) is 25.9 Å². The standard InChI is InChI=1S/5C12H15NO3.C11H13NO3.C5H14OSi.2C4H9NO.C2H5N3.C2H7N.C2H6O/c5*1-9(14)13-11(12(15)16-2)8-10-6-4-3-5-7-10;1-8(13)12-10(11(14)15)7-9-5-3-2-4-6-9;1-5-6-7(2,3)4;2*1-3-5-4(2)6;1-2-4-5-3;2*1-2-3/h5*3-7,11H,8H2,1-2H3,(H,13,14);2-6,10H,7H2,1H3,(H,12,13)(H,14,15);5H2,1-4H3;2*3H2,1-2H3,(H,5,6);2H2,1H3;2-3H2,1H3;3H,2H2,1H3. The van der Waals surface area contributed by atoms with Crippen LogP contribution in [0.1, 0.15) is 130 Å². The zero-order valence-electron chi connectivity index (χ0n) is 76.7. The van der Waals surface area contributed by atoms with Crippen LogP contribution in [0.2, 0.25) is 19.6 Å². The lowest BCUT2D eigenvalue weighted by molar-refractivity contribution is -0.145. The molecule has 0 spiro atoms. The van der Waals surface area contributed by atoms with Gasteiger partial charge in [-0.2, -0.15) is 0 Å². The number of carbonyl (C=O) groups excluding carboxylic acids is 13. The van der Waals surface area contributed by atoms with Crippen molar-refractivity contribution in [2.45, 2.75) is 191 Å². The summed E-state index contributed by atoms with van der Waals surface area (Å²) in [5, 5.41) is 39.9. The average Bonchev–Trinajstić information content (AvgIpc) is 0.933. The second-order valence-corrected chi connectivity index (χ2v) is 31.1. The number of aliphatic carboxylic acids is 1. The van der Waals surface area contributed by atoms with E-state index in [1.54, 1.807) is 13.8 Å². The molecule has 0 aliphatic heterocycles. The number of carbonyl (C=O) groups is 14. The Bertz CT molecular complexity index is 3520. The fourth-order valence-corrected chi connectivity index (χ4v) is 10.3. The summed E-state index contributed by atoms with van der Waals surface area (Å²) in [6, 6.07) is 52.6. The summed E-state index contributed by atoms with van der Waals surface area (Å²) in [6.45, 7) is 32.8. The molecule has 8 amide bonds. The maximum absolute atomic E-state index is 11.4. The van der Waals surface area contributed by atoms with E-state index in [9.17, 15) is 67.1 Å². The number of carboxylic acids is 1. The highest BCUT2D eigenvalue weighted by molar-refractivity contribution is 6.69. The Kier molecular flexibility index (Phi) is 79.8. The van der Waals surface area contributed by atoms with Crippen molar-refractivity contribution in [1.82, 2.24) is 42.5 Å². The van der Waals surface area contributed by atoms with Gasteiger partial charge in [0.2, 0.25) is 47.3 Å². The normalized spacial score (nSPS) is 10.8. The van der Waals surface area contributed by atoms with Gasteiger partial charge in [0.05, 0.1) is 35.5 Å². The Morgan fingerprint density at radius 3 is 0.608 bits per heavy atom. The molecule has 0 heterocycles. The maximum atomic E-state index is 11.4. The quantitative estimate of drug-likeness (QED) is 0.00521. The predicted molar refractivity (Wildman–Crippen MR) is 485 cm³/mol. The van der Waals surface area contributed by atoms with Crippen LogP contribution < -0.4 is 48.3 Å². The third kappa shape index (κ3) is 79.5. The summed E-state index contributed by atoms with van der Waals surface area (Å²) in [4.78, 5) is 156. The zero-order chi connectivity index (χ0) is 96.5. The molecule has 0 fully saturated rings. The van der Waals surface area contributed by atoms with E-state index in [0.29, 0.717) is 45.1 Å². The summed E-state index contributed by atoms with van der Waals surface area (Å²) in [5.41, 5.74) is 18.2. The number of hydrogen-bond donors (Lipinski definition) is 11. The van der Waals surface area contributed by atoms with Gasteiger partial charge in [0, 0.05) is 132 Å². The first kappa shape index (κ1) is 123. The van der Waals surface area contributed by atoms with Gasteiger partial charge in [-0.25, -0.2) is 28.8 Å². The van der Waals surface area contributed by atoms with E-state index >= 15 is 0 Å². The maximum Gasteiger partial charge on any atom is 0.328 e. The molecule has 0 saturated heterocycles. The third-order valence-corrected chi connectivity index (χ3v) is 15.5. The predicted octanol–water partition coefficient (Wildman–Crippen LogP) is 8.78. The monoisotopic (exact) mass is 1770 g/mol. The van der Waals surface area contributed by atoms with Crippen molar-refractivity contribution in [3.05, 3.63) is 226 Å². The van der Waals surface area contributed by atoms with E-state index < -0.39 is 80.4 Å². The van der Waals surface area contributed by atoms with Gasteiger partial charge in [-0.15, -0.1) is 0 Å². The van der Waals surface area contributed by atoms with E-state index in [2.05, 4.69) is 95.9 Å². The first-order chi connectivity index (χ1) is 59.1. The zero-order valence-corrected chi connectivity index (χ0v) is 77.7. The van der Waals surface area contributed by atoms with Gasteiger partial charge in [0.1, 0.15) is 36.3 Å². The number of aliphatic hydroxyl groups is 1. The van der Waals surface area contributed by atoms with Crippen molar-refractivity contribution >= 4 is 91.4 Å². The topological polar surface area (TPSA) is 506 Å². The molecule has 0 aromatic heterocycles. The molecule has 694 valence electrons. The number of hydrogen-bond acceptors (Lipinski definition) is 23. The molecule has 0 aliphatic carbocycles. The number of nitrogens with one attached hydrogen (secondary N) is 8. The highest BCUT2D eigenvalue weighted by Crippen LogP contribution is 2.10. The van der Waals surface area contributed by atoms with E-state index in [1.807, 2.05) is 210 Å². The number of ether oxygens (including phenoxy) is 5. The van der Waals surface area contributed by atoms with Gasteiger partial charge in [-0.3, -0.25) is 38.4 Å². The summed E-state index contributed by atoms with van der Waals surface area (Å²) >= 11 is 0. The Morgan fingerprint density at radius 2 is 0.520 bits per heavy atom. The number of benzene rings is 6. The van der Waals surface area contributed by atoms with Crippen molar-refractivity contribution in [3.63, 3.8) is 0 Å². The van der Waals surface area contributed by atoms with Crippen LogP contribution in [-0.4, -0.2) is 213 Å². The number of amides is 8. The summed E-state index contributed by atoms with van der Waals surface area (Å²) < 4.78 is 28.5. The Labute approximate surface area is 738 Å². The number of aliphatic hydroxyl groups excluding tert-OH is 1. The lowest BCUT2D eigenvalue weighted by Crippen LogP contribution is -2.41. The molecule has 34 nitrogen and oxygen atoms in total. The van der Waals surface area contributed by atoms with Crippen LogP contribution in [0, 0.1) is 0 Å². The van der Waals surface area contributed by atoms with Gasteiger partial charge >= 0.3 is 35.8 Å². The molecule has 12 N–H and O–H groups in total. The number of carboxylic acid groups (broad SMARTS) is 1. The molecule has 6 atom stereocenters. The van der Waals surface area contributed by atoms with Crippen LogP contribution in [0.5, 0.6) is 0 Å². The molecule has 0 radical (unpaired) electrons. The minimum atomic E-state index is -1.16. The molecular weight excluding hydrogens is 1630 g/mol. The summed E-state index contributed by atoms with van der Waals surface area (Å²) in [5.74, 6) is -4.65. The largest absolute Gasteiger partial charge is 0.480 e. The third-order valence-electron chi connectivity index (χ3n) is 14.3. The molecule has 0 bridgehead atoms. The van der Waals surface area contributed by atoms with Crippen molar-refractivity contribution < 1.29 is 105 Å². The number of methoxy groups -OCH3 is 5. The Balaban J connectivity index is -0.000000319. The molecule has 125 heavy (non-hydrogen) atoms. The van der Waals surface area contributed by atoms with Crippen LogP contribution in [0.4, 0.5) is 0 Å². The second kappa shape index (κ2) is 81.0. The van der Waals surface area contributed by atoms with Crippen LogP contribution >= 0.6 is 0 Å². The summed E-state index contributed by atoms with van der Waals surface area (Å²) in [6.07, 6.45) is 2.49. The van der Waals surface area contributed by atoms with E-state index in [1.165, 1.54) is 90.9 Å². The second-order valence-electron chi connectivity index (χ2n) is 26.6. The SMILES string of the molecule is CC(=O)NC(Cc1ccccc1)C(=O)O.CCN.CCN=[N+]=[N-].CCNC(C)=O.CCNC(C)=O.CCO.CCO[Si](C)(C)C.COC(=O)C(Cc1ccccc1)NC(C)=O.COC(=O)C(Cc1ccccc1)NC(C)=O.COC(=O)C(Cc1ccccc1)NC(C)=O.COC(=O)C(Cc1ccccc1)NC(C)=O.COC(=O)C(Cc1ccccc1)NC(C)=O. The van der Waals surface area contributed by atoms with Gasteiger partial charge in [-0.1, -0.05) is 201 Å². The highest BCUT2D eigenvalue weighted by Gasteiger charge is 2.25. The fraction of sp³-hybridized carbons (Fsp3) is 0.444. The number of esters is 5. The molecule has 6 aromatic rings. The van der Waals surface area contributed by atoms with Crippen molar-refractivity contribution in [2.75, 3.05) is 74.9 Å². The molecule has 0 aliphatic rings. The number of nitrogens with zero attached hydrogens (tertiary/aromatic N) is 3. The lowest BCUT2D eigenvalue weighted by Gasteiger charge is -2.15. The Morgan fingerprint density at radius 1 is 0.352 bits per heavy atom. The number of rotatable bonds is 29. The van der Waals surface area contributed by atoms with Crippen LogP contribution in [0.15, 0.2) is 187 Å². The van der Waals surface area contributed by atoms with Gasteiger partial charge in [-0.05, 0) is 92.8 Å². The van der Waals surface area contributed by atoms with E-state index in [0.717, 1.165) is 59.6 Å². The van der Waals surface area contributed by atoms with Gasteiger partial charge in [0.15, 0.2) is 8.32 Å². The van der Waals surface area contributed by atoms with Crippen molar-refractivity contribution in [2.24, 2.45) is 10.8 Å².